The van der Waals surface area contributed by atoms with Crippen molar-refractivity contribution >= 4 is 0 Å². The summed E-state index contributed by atoms with van der Waals surface area (Å²) in [6.45, 7) is 8.29. The summed E-state index contributed by atoms with van der Waals surface area (Å²) < 4.78 is 0. The molecule has 3 heteroatoms. The number of hydrogen-bond donors (Lipinski definition) is 3. The minimum Gasteiger partial charge on any atom is -0.327 e. The van der Waals surface area contributed by atoms with Crippen molar-refractivity contribution in [3.63, 3.8) is 0 Å². The molecular weight excluding hydrogens is 162 g/mol. The van der Waals surface area contributed by atoms with Gasteiger partial charge in [0.15, 0.2) is 0 Å². The van der Waals surface area contributed by atoms with E-state index in [4.69, 9.17) is 11.5 Å². The Hall–Kier alpha value is -0.120. The monoisotopic (exact) mass is 187 g/mol. The van der Waals surface area contributed by atoms with E-state index in [0.29, 0.717) is 12.0 Å². The number of likely N-dealkylation sites (N-methyl/N-ethyl adjacent to an activating group) is 1. The van der Waals surface area contributed by atoms with Gasteiger partial charge in [0.25, 0.3) is 0 Å². The van der Waals surface area contributed by atoms with Crippen molar-refractivity contribution in [1.29, 1.82) is 0 Å². The molecule has 0 heterocycles. The second kappa shape index (κ2) is 7.30. The van der Waals surface area contributed by atoms with Gasteiger partial charge in [-0.25, -0.2) is 0 Å². The summed E-state index contributed by atoms with van der Waals surface area (Å²) in [5.41, 5.74) is 11.8. The van der Waals surface area contributed by atoms with E-state index in [9.17, 15) is 0 Å². The fourth-order valence-corrected chi connectivity index (χ4v) is 1.17. The zero-order valence-electron chi connectivity index (χ0n) is 9.22. The zero-order valence-corrected chi connectivity index (χ0v) is 9.22. The van der Waals surface area contributed by atoms with Crippen LogP contribution in [0.2, 0.25) is 0 Å². The molecule has 13 heavy (non-hydrogen) atoms. The van der Waals surface area contributed by atoms with Crippen LogP contribution in [-0.2, 0) is 0 Å². The predicted molar refractivity (Wildman–Crippen MR) is 58.6 cm³/mol. The Morgan fingerprint density at radius 1 is 1.15 bits per heavy atom. The van der Waals surface area contributed by atoms with Gasteiger partial charge in [0, 0.05) is 18.6 Å². The third-order valence-electron chi connectivity index (χ3n) is 2.38. The number of nitrogens with one attached hydrogen (secondary N) is 1. The van der Waals surface area contributed by atoms with E-state index in [-0.39, 0.29) is 6.04 Å². The molecule has 0 aliphatic carbocycles. The summed E-state index contributed by atoms with van der Waals surface area (Å²) in [6, 6.07) is 0.553. The van der Waals surface area contributed by atoms with E-state index in [1.165, 1.54) is 0 Å². The van der Waals surface area contributed by atoms with E-state index < -0.39 is 0 Å². The molecule has 5 N–H and O–H groups in total. The molecule has 0 saturated heterocycles. The smallest absolute Gasteiger partial charge is 0.0165 e. The standard InChI is InChI=1S/C10H25N3/c1-4-13-7-9(11)5-6-10(12)8(2)3/h8-10,13H,4-7,11-12H2,1-3H3/t9-,10?/m0/s1. The van der Waals surface area contributed by atoms with Crippen LogP contribution >= 0.6 is 0 Å². The van der Waals surface area contributed by atoms with Crippen molar-refractivity contribution in [3.05, 3.63) is 0 Å². The van der Waals surface area contributed by atoms with Crippen LogP contribution in [0.3, 0.4) is 0 Å². The largest absolute Gasteiger partial charge is 0.327 e. The van der Waals surface area contributed by atoms with Crippen LogP contribution in [0.25, 0.3) is 0 Å². The summed E-state index contributed by atoms with van der Waals surface area (Å²) in [5, 5.41) is 3.24. The summed E-state index contributed by atoms with van der Waals surface area (Å²) in [4.78, 5) is 0. The lowest BCUT2D eigenvalue weighted by molar-refractivity contribution is 0.423. The molecule has 0 aromatic heterocycles. The number of nitrogens with two attached hydrogens (primary N) is 2. The molecule has 0 aliphatic rings. The van der Waals surface area contributed by atoms with E-state index in [0.717, 1.165) is 25.9 Å². The van der Waals surface area contributed by atoms with Gasteiger partial charge in [-0.05, 0) is 25.3 Å². The van der Waals surface area contributed by atoms with Crippen LogP contribution < -0.4 is 16.8 Å². The number of rotatable bonds is 7. The minimum atomic E-state index is 0.254. The first-order valence-electron chi connectivity index (χ1n) is 5.29. The summed E-state index contributed by atoms with van der Waals surface area (Å²) in [6.07, 6.45) is 2.05. The Labute approximate surface area is 82.3 Å². The third kappa shape index (κ3) is 6.99. The SMILES string of the molecule is CCNC[C@@H](N)CCC(N)C(C)C. The molecule has 0 aliphatic heterocycles. The molecule has 2 atom stereocenters. The minimum absolute atomic E-state index is 0.254. The first-order valence-corrected chi connectivity index (χ1v) is 5.29. The van der Waals surface area contributed by atoms with Crippen LogP contribution in [-0.4, -0.2) is 25.2 Å². The molecule has 0 radical (unpaired) electrons. The molecule has 0 rings (SSSR count). The molecule has 0 amide bonds. The van der Waals surface area contributed by atoms with E-state index >= 15 is 0 Å². The zero-order chi connectivity index (χ0) is 10.3. The quantitative estimate of drug-likeness (QED) is 0.549. The van der Waals surface area contributed by atoms with Gasteiger partial charge in [-0.15, -0.1) is 0 Å². The van der Waals surface area contributed by atoms with E-state index in [2.05, 4.69) is 26.1 Å². The number of hydrogen-bond acceptors (Lipinski definition) is 3. The van der Waals surface area contributed by atoms with Crippen molar-refractivity contribution in [2.75, 3.05) is 13.1 Å². The van der Waals surface area contributed by atoms with Gasteiger partial charge in [-0.1, -0.05) is 20.8 Å². The van der Waals surface area contributed by atoms with Gasteiger partial charge in [0.05, 0.1) is 0 Å². The summed E-state index contributed by atoms with van der Waals surface area (Å²) in [5.74, 6) is 0.561. The first-order chi connectivity index (χ1) is 6.07. The lowest BCUT2D eigenvalue weighted by Crippen LogP contribution is -2.36. The maximum absolute atomic E-state index is 5.92. The molecule has 0 spiro atoms. The van der Waals surface area contributed by atoms with Gasteiger partial charge < -0.3 is 16.8 Å². The molecular formula is C10H25N3. The molecule has 0 aromatic rings. The lowest BCUT2D eigenvalue weighted by atomic mass is 9.98. The highest BCUT2D eigenvalue weighted by Crippen LogP contribution is 2.06. The maximum atomic E-state index is 5.92. The van der Waals surface area contributed by atoms with Gasteiger partial charge in [-0.3, -0.25) is 0 Å². The van der Waals surface area contributed by atoms with E-state index in [1.807, 2.05) is 0 Å². The Kier molecular flexibility index (Phi) is 7.23. The van der Waals surface area contributed by atoms with Crippen LogP contribution in [0.5, 0.6) is 0 Å². The van der Waals surface area contributed by atoms with Crippen LogP contribution in [0.4, 0.5) is 0 Å². The van der Waals surface area contributed by atoms with E-state index in [1.54, 1.807) is 0 Å². The van der Waals surface area contributed by atoms with Crippen LogP contribution in [0, 0.1) is 5.92 Å². The predicted octanol–water partition coefficient (Wildman–Crippen LogP) is 0.687. The lowest BCUT2D eigenvalue weighted by Gasteiger charge is -2.18. The van der Waals surface area contributed by atoms with Gasteiger partial charge in [-0.2, -0.15) is 0 Å². The highest BCUT2D eigenvalue weighted by atomic mass is 14.9. The molecule has 80 valence electrons. The van der Waals surface area contributed by atoms with Crippen LogP contribution in [0.15, 0.2) is 0 Å². The van der Waals surface area contributed by atoms with Gasteiger partial charge >= 0.3 is 0 Å². The Morgan fingerprint density at radius 2 is 1.77 bits per heavy atom. The van der Waals surface area contributed by atoms with Crippen molar-refractivity contribution < 1.29 is 0 Å². The maximum Gasteiger partial charge on any atom is 0.0165 e. The average molecular weight is 187 g/mol. The average Bonchev–Trinajstić information content (AvgIpc) is 2.10. The Morgan fingerprint density at radius 3 is 2.23 bits per heavy atom. The molecule has 1 unspecified atom stereocenters. The van der Waals surface area contributed by atoms with Gasteiger partial charge in [0.2, 0.25) is 0 Å². The van der Waals surface area contributed by atoms with Crippen molar-refractivity contribution in [2.45, 2.75) is 45.7 Å². The Balaban J connectivity index is 3.40. The third-order valence-corrected chi connectivity index (χ3v) is 2.38. The first kappa shape index (κ1) is 12.9. The van der Waals surface area contributed by atoms with Gasteiger partial charge in [0.1, 0.15) is 0 Å². The fourth-order valence-electron chi connectivity index (χ4n) is 1.17. The summed E-state index contributed by atoms with van der Waals surface area (Å²) >= 11 is 0. The highest BCUT2D eigenvalue weighted by Gasteiger charge is 2.09. The van der Waals surface area contributed by atoms with Crippen molar-refractivity contribution in [2.24, 2.45) is 17.4 Å². The second-order valence-electron chi connectivity index (χ2n) is 4.05. The topological polar surface area (TPSA) is 64.1 Å². The van der Waals surface area contributed by atoms with Crippen molar-refractivity contribution in [1.82, 2.24) is 5.32 Å². The van der Waals surface area contributed by atoms with Crippen molar-refractivity contribution in [3.8, 4) is 0 Å². The van der Waals surface area contributed by atoms with Crippen LogP contribution in [0.1, 0.15) is 33.6 Å². The molecule has 0 saturated carbocycles. The molecule has 0 fully saturated rings. The molecule has 3 nitrogen and oxygen atoms in total. The summed E-state index contributed by atoms with van der Waals surface area (Å²) in [7, 11) is 0. The Bertz CT molecular complexity index is 115. The highest BCUT2D eigenvalue weighted by molar-refractivity contribution is 4.71. The normalized spacial score (nSPS) is 16.2. The molecule has 0 bridgehead atoms. The molecule has 0 aromatic carbocycles. The second-order valence-corrected chi connectivity index (χ2v) is 4.05. The fraction of sp³-hybridized carbons (Fsp3) is 1.00.